The van der Waals surface area contributed by atoms with Gasteiger partial charge in [0.1, 0.15) is 0 Å². The number of hydrogen-bond acceptors (Lipinski definition) is 2. The van der Waals surface area contributed by atoms with E-state index in [-0.39, 0.29) is 32.2 Å². The smallest absolute Gasteiger partial charge is 0.302 e. The fraction of sp³-hybridized carbons (Fsp3) is 0.750. The molecule has 40 valence electrons. The molecule has 0 amide bonds. The Morgan fingerprint density at radius 2 is 2.14 bits per heavy atom. The molecule has 0 bridgehead atoms. The standard InChI is InChI=1S/C4H8O2.Zr/c1-3-6-4(2)5;/h3H2,1-2H3;. The molecule has 0 aromatic carbocycles. The molecule has 0 unspecified atom stereocenters. The predicted molar refractivity (Wildman–Crippen MR) is 22.3 cm³/mol. The summed E-state index contributed by atoms with van der Waals surface area (Å²) in [5.41, 5.74) is 0. The molecule has 0 spiro atoms. The summed E-state index contributed by atoms with van der Waals surface area (Å²) in [6, 6.07) is 0. The largest absolute Gasteiger partial charge is 0.466 e. The predicted octanol–water partition coefficient (Wildman–Crippen LogP) is 0.567. The van der Waals surface area contributed by atoms with Gasteiger partial charge in [-0.2, -0.15) is 0 Å². The van der Waals surface area contributed by atoms with E-state index in [4.69, 9.17) is 0 Å². The Bertz CT molecular complexity index is 53.7. The molecule has 0 heterocycles. The fourth-order valence-corrected chi connectivity index (χ4v) is 0.203. The molecular weight excluding hydrogens is 171 g/mol. The van der Waals surface area contributed by atoms with Gasteiger partial charge in [0, 0.05) is 33.1 Å². The van der Waals surface area contributed by atoms with Crippen LogP contribution in [0, 0.1) is 0 Å². The molecule has 0 aliphatic heterocycles. The second-order valence-electron chi connectivity index (χ2n) is 0.925. The summed E-state index contributed by atoms with van der Waals surface area (Å²) in [5, 5.41) is 0. The second kappa shape index (κ2) is 6.35. The van der Waals surface area contributed by atoms with Crippen LogP contribution in [0.5, 0.6) is 0 Å². The molecule has 0 rings (SSSR count). The first kappa shape index (κ1) is 10.4. The zero-order chi connectivity index (χ0) is 4.99. The first-order chi connectivity index (χ1) is 2.77. The Hall–Kier alpha value is 0.353. The van der Waals surface area contributed by atoms with Crippen molar-refractivity contribution in [2.45, 2.75) is 13.8 Å². The molecule has 0 aromatic rings. The maximum Gasteiger partial charge on any atom is 0.302 e. The van der Waals surface area contributed by atoms with Crippen LogP contribution in [0.25, 0.3) is 0 Å². The molecule has 0 aliphatic carbocycles. The average Bonchev–Trinajstić information content (AvgIpc) is 1.35. The minimum absolute atomic E-state index is 0. The molecule has 0 saturated heterocycles. The molecule has 0 saturated carbocycles. The number of ether oxygens (including phenoxy) is 1. The Labute approximate surface area is 62.4 Å². The van der Waals surface area contributed by atoms with Crippen LogP contribution in [0.15, 0.2) is 0 Å². The van der Waals surface area contributed by atoms with E-state index in [1.165, 1.54) is 6.92 Å². The molecule has 0 N–H and O–H groups in total. The summed E-state index contributed by atoms with van der Waals surface area (Å²) in [5.74, 6) is -0.211. The SMILES string of the molecule is CCOC(C)=O.[Zr]. The van der Waals surface area contributed by atoms with Crippen LogP contribution in [-0.2, 0) is 35.7 Å². The first-order valence-corrected chi connectivity index (χ1v) is 1.90. The number of carbonyl (C=O) groups excluding carboxylic acids is 1. The van der Waals surface area contributed by atoms with Gasteiger partial charge in [0.2, 0.25) is 0 Å². The van der Waals surface area contributed by atoms with E-state index in [0.29, 0.717) is 6.61 Å². The summed E-state index contributed by atoms with van der Waals surface area (Å²) in [7, 11) is 0. The van der Waals surface area contributed by atoms with E-state index in [0.717, 1.165) is 0 Å². The molecule has 0 aliphatic rings. The van der Waals surface area contributed by atoms with Gasteiger partial charge < -0.3 is 4.74 Å². The van der Waals surface area contributed by atoms with E-state index in [1.54, 1.807) is 6.92 Å². The molecule has 3 heteroatoms. The van der Waals surface area contributed by atoms with Gasteiger partial charge in [-0.15, -0.1) is 0 Å². The third-order valence-corrected chi connectivity index (χ3v) is 0.348. The molecule has 0 radical (unpaired) electrons. The normalized spacial score (nSPS) is 6.57. The third kappa shape index (κ3) is 10.7. The minimum atomic E-state index is -0.211. The monoisotopic (exact) mass is 178 g/mol. The number of esters is 1. The Morgan fingerprint density at radius 3 is 2.14 bits per heavy atom. The van der Waals surface area contributed by atoms with Gasteiger partial charge in [-0.3, -0.25) is 4.79 Å². The molecule has 0 atom stereocenters. The second-order valence-corrected chi connectivity index (χ2v) is 0.925. The maximum atomic E-state index is 9.82. The van der Waals surface area contributed by atoms with Crippen molar-refractivity contribution < 1.29 is 35.7 Å². The summed E-state index contributed by atoms with van der Waals surface area (Å²) in [4.78, 5) is 9.82. The van der Waals surface area contributed by atoms with Gasteiger partial charge in [-0.05, 0) is 6.92 Å². The number of rotatable bonds is 1. The van der Waals surface area contributed by atoms with Gasteiger partial charge in [-0.1, -0.05) is 0 Å². The van der Waals surface area contributed by atoms with E-state index < -0.39 is 0 Å². The zero-order valence-corrected chi connectivity index (χ0v) is 6.98. The van der Waals surface area contributed by atoms with Gasteiger partial charge in [0.15, 0.2) is 0 Å². The van der Waals surface area contributed by atoms with Crippen LogP contribution in [0.4, 0.5) is 0 Å². The van der Waals surface area contributed by atoms with Crippen LogP contribution < -0.4 is 0 Å². The van der Waals surface area contributed by atoms with Crippen molar-refractivity contribution in [3.63, 3.8) is 0 Å². The summed E-state index contributed by atoms with van der Waals surface area (Å²) >= 11 is 0. The van der Waals surface area contributed by atoms with Crippen LogP contribution >= 0.6 is 0 Å². The van der Waals surface area contributed by atoms with Crippen molar-refractivity contribution in [2.24, 2.45) is 0 Å². The van der Waals surface area contributed by atoms with Crippen molar-refractivity contribution in [3.05, 3.63) is 0 Å². The molecule has 7 heavy (non-hydrogen) atoms. The van der Waals surface area contributed by atoms with Crippen LogP contribution in [0.2, 0.25) is 0 Å². The minimum Gasteiger partial charge on any atom is -0.466 e. The molecular formula is C4H8O2Zr. The number of carbonyl (C=O) groups is 1. The van der Waals surface area contributed by atoms with Crippen LogP contribution in [-0.4, -0.2) is 12.6 Å². The van der Waals surface area contributed by atoms with E-state index in [9.17, 15) is 4.79 Å². The molecule has 0 aromatic heterocycles. The average molecular weight is 179 g/mol. The Balaban J connectivity index is 0. The van der Waals surface area contributed by atoms with Crippen molar-refractivity contribution in [1.82, 2.24) is 0 Å². The van der Waals surface area contributed by atoms with E-state index in [1.807, 2.05) is 0 Å². The van der Waals surface area contributed by atoms with Gasteiger partial charge in [0.25, 0.3) is 0 Å². The van der Waals surface area contributed by atoms with E-state index in [2.05, 4.69) is 4.74 Å². The van der Waals surface area contributed by atoms with Crippen molar-refractivity contribution in [2.75, 3.05) is 6.61 Å². The zero-order valence-electron chi connectivity index (χ0n) is 4.52. The molecule has 2 nitrogen and oxygen atoms in total. The van der Waals surface area contributed by atoms with Crippen LogP contribution in [0.3, 0.4) is 0 Å². The Morgan fingerprint density at radius 1 is 1.71 bits per heavy atom. The quantitative estimate of drug-likeness (QED) is 0.550. The van der Waals surface area contributed by atoms with Gasteiger partial charge in [-0.25, -0.2) is 0 Å². The maximum absolute atomic E-state index is 9.82. The van der Waals surface area contributed by atoms with Crippen molar-refractivity contribution in [3.8, 4) is 0 Å². The fourth-order valence-electron chi connectivity index (χ4n) is 0.203. The summed E-state index contributed by atoms with van der Waals surface area (Å²) in [6.45, 7) is 3.65. The van der Waals surface area contributed by atoms with Crippen molar-refractivity contribution >= 4 is 5.97 Å². The van der Waals surface area contributed by atoms with Gasteiger partial charge in [0.05, 0.1) is 6.61 Å². The van der Waals surface area contributed by atoms with Crippen LogP contribution in [0.1, 0.15) is 13.8 Å². The van der Waals surface area contributed by atoms with E-state index >= 15 is 0 Å². The first-order valence-electron chi connectivity index (χ1n) is 1.90. The van der Waals surface area contributed by atoms with Gasteiger partial charge >= 0.3 is 5.97 Å². The summed E-state index contributed by atoms with van der Waals surface area (Å²) < 4.78 is 4.40. The molecule has 0 fully saturated rings. The number of hydrogen-bond donors (Lipinski definition) is 0. The van der Waals surface area contributed by atoms with Crippen molar-refractivity contribution in [1.29, 1.82) is 0 Å². The third-order valence-electron chi connectivity index (χ3n) is 0.348. The summed E-state index contributed by atoms with van der Waals surface area (Å²) in [6.07, 6.45) is 0. The Kier molecular flexibility index (Phi) is 9.40. The topological polar surface area (TPSA) is 26.3 Å².